The Morgan fingerprint density at radius 2 is 1.77 bits per heavy atom. The third-order valence-corrected chi connectivity index (χ3v) is 10.7. The Bertz CT molecular complexity index is 1850. The van der Waals surface area contributed by atoms with Gasteiger partial charge in [0.2, 0.25) is 0 Å². The summed E-state index contributed by atoms with van der Waals surface area (Å²) in [6.07, 6.45) is 6.21. The summed E-state index contributed by atoms with van der Waals surface area (Å²) in [4.78, 5) is 9.82. The molecule has 0 bridgehead atoms. The molecule has 0 radical (unpaired) electrons. The number of piperidine rings is 1. The summed E-state index contributed by atoms with van der Waals surface area (Å²) in [7, 11) is -6.72. The van der Waals surface area contributed by atoms with E-state index in [0.717, 1.165) is 54.1 Å². The van der Waals surface area contributed by atoms with Gasteiger partial charge in [-0.15, -0.1) is 0 Å². The Hall–Kier alpha value is -4.15. The van der Waals surface area contributed by atoms with Crippen molar-refractivity contribution in [2.45, 2.75) is 35.0 Å². The third kappa shape index (κ3) is 5.29. The topological polar surface area (TPSA) is 153 Å². The average molecular weight is 631 g/mol. The molecule has 1 saturated heterocycles. The van der Waals surface area contributed by atoms with E-state index in [0.29, 0.717) is 24.0 Å². The fourth-order valence-electron chi connectivity index (χ4n) is 5.59. The van der Waals surface area contributed by atoms with Gasteiger partial charge in [0.1, 0.15) is 30.0 Å². The molecule has 16 heteroatoms. The van der Waals surface area contributed by atoms with Crippen LogP contribution in [-0.4, -0.2) is 73.1 Å². The second-order valence-electron chi connectivity index (χ2n) is 10.5. The van der Waals surface area contributed by atoms with Gasteiger partial charge in [0, 0.05) is 25.5 Å². The van der Waals surface area contributed by atoms with Crippen molar-refractivity contribution in [2.24, 2.45) is 18.0 Å². The number of hydrogen-bond donors (Lipinski definition) is 3. The van der Waals surface area contributed by atoms with Gasteiger partial charge in [-0.25, -0.2) is 31.5 Å². The smallest absolute Gasteiger partial charge is 0.285 e. The zero-order valence-corrected chi connectivity index (χ0v) is 24.5. The molecule has 4 heterocycles. The van der Waals surface area contributed by atoms with Crippen molar-refractivity contribution in [2.75, 3.05) is 17.8 Å². The summed E-state index contributed by atoms with van der Waals surface area (Å²) >= 11 is 0. The number of aliphatic imine (C=N–C) groups is 1. The van der Waals surface area contributed by atoms with Gasteiger partial charge in [0.05, 0.1) is 22.8 Å². The number of amidine groups is 1. The summed E-state index contributed by atoms with van der Waals surface area (Å²) in [6.45, 7) is 1.44. The van der Waals surface area contributed by atoms with E-state index in [2.05, 4.69) is 20.0 Å². The van der Waals surface area contributed by atoms with Gasteiger partial charge < -0.3 is 14.8 Å². The maximum Gasteiger partial charge on any atom is 0.285 e. The van der Waals surface area contributed by atoms with Gasteiger partial charge in [0.25, 0.3) is 20.0 Å². The van der Waals surface area contributed by atoms with Crippen molar-refractivity contribution in [1.29, 1.82) is 5.41 Å². The minimum absolute atomic E-state index is 0.0707. The Balaban J connectivity index is 1.37. The molecule has 2 aromatic carbocycles. The molecule has 3 N–H and O–H groups in total. The van der Waals surface area contributed by atoms with Crippen LogP contribution in [0.4, 0.5) is 14.5 Å². The monoisotopic (exact) mass is 630 g/mol. The molecule has 226 valence electrons. The Labute approximate surface area is 247 Å². The summed E-state index contributed by atoms with van der Waals surface area (Å²) in [6, 6.07) is 7.95. The van der Waals surface area contributed by atoms with Crippen LogP contribution in [-0.2, 0) is 27.1 Å². The van der Waals surface area contributed by atoms with Gasteiger partial charge in [-0.2, -0.15) is 8.42 Å². The van der Waals surface area contributed by atoms with E-state index in [-0.39, 0.29) is 27.5 Å². The highest BCUT2D eigenvalue weighted by Crippen LogP contribution is 2.43. The molecule has 2 atom stereocenters. The van der Waals surface area contributed by atoms with Crippen LogP contribution in [0.25, 0.3) is 5.57 Å². The number of sulfonamides is 2. The minimum Gasteiger partial charge on any atom is -0.352 e. The number of anilines is 1. The lowest BCUT2D eigenvalue weighted by Gasteiger charge is -2.43. The second kappa shape index (κ2) is 10.8. The van der Waals surface area contributed by atoms with Crippen LogP contribution in [0.3, 0.4) is 0 Å². The molecular weight excluding hydrogens is 602 g/mol. The average Bonchev–Trinajstić information content (AvgIpc) is 3.60. The fourth-order valence-corrected chi connectivity index (χ4v) is 8.04. The Morgan fingerprint density at radius 1 is 1.05 bits per heavy atom. The number of fused-ring (bicyclic) bond motifs is 1. The first-order valence-corrected chi connectivity index (χ1v) is 16.3. The number of rotatable bonds is 7. The maximum absolute atomic E-state index is 15.4. The predicted molar refractivity (Wildman–Crippen MR) is 155 cm³/mol. The molecule has 6 rings (SSSR count). The Kier molecular flexibility index (Phi) is 7.30. The van der Waals surface area contributed by atoms with Crippen molar-refractivity contribution in [1.82, 2.24) is 24.1 Å². The number of hydrogen-bond acceptors (Lipinski definition) is 8. The zero-order valence-electron chi connectivity index (χ0n) is 22.9. The molecule has 0 aliphatic carbocycles. The first-order chi connectivity index (χ1) is 20.5. The van der Waals surface area contributed by atoms with E-state index in [9.17, 15) is 21.2 Å². The summed E-state index contributed by atoms with van der Waals surface area (Å²) < 4.78 is 86.6. The van der Waals surface area contributed by atoms with Gasteiger partial charge >= 0.3 is 0 Å². The lowest BCUT2D eigenvalue weighted by Crippen LogP contribution is -2.57. The quantitative estimate of drug-likeness (QED) is 0.363. The van der Waals surface area contributed by atoms with E-state index >= 15 is 4.39 Å². The largest absolute Gasteiger partial charge is 0.352 e. The van der Waals surface area contributed by atoms with Crippen LogP contribution >= 0.6 is 0 Å². The number of nitrogens with one attached hydrogen (secondary N) is 3. The van der Waals surface area contributed by atoms with Crippen molar-refractivity contribution < 1.29 is 25.6 Å². The van der Waals surface area contributed by atoms with Crippen LogP contribution in [0, 0.1) is 23.0 Å². The molecule has 2 unspecified atom stereocenters. The number of aryl methyl sites for hydroxylation is 1. The van der Waals surface area contributed by atoms with Crippen molar-refractivity contribution in [3.8, 4) is 0 Å². The maximum atomic E-state index is 15.4. The van der Waals surface area contributed by atoms with Crippen molar-refractivity contribution in [3.05, 3.63) is 78.4 Å². The van der Waals surface area contributed by atoms with E-state index in [1.807, 2.05) is 4.90 Å². The van der Waals surface area contributed by atoms with Crippen LogP contribution in [0.1, 0.15) is 18.4 Å². The molecule has 0 amide bonds. The summed E-state index contributed by atoms with van der Waals surface area (Å²) in [5.41, 5.74) is 0.485. The zero-order chi connectivity index (χ0) is 30.5. The van der Waals surface area contributed by atoms with Gasteiger partial charge in [-0.1, -0.05) is 6.07 Å². The van der Waals surface area contributed by atoms with Crippen LogP contribution in [0.2, 0.25) is 0 Å². The standard InChI is InChI=1S/C27H28F2N8O4S2/c1-35-14-24(32-15-35)43(40,41)37-16-33-26(30)25-21(13-36(27(25)37)19-8-10-31-11-9-19)17-2-7-23(22(29)12-17)34-42(38,39)20-5-3-18(28)4-6-20/h2-7,12-16,19,25,27,30-31,34H,8-11H2,1H3. The van der Waals surface area contributed by atoms with Crippen LogP contribution < -0.4 is 10.0 Å². The highest BCUT2D eigenvalue weighted by Gasteiger charge is 2.50. The van der Waals surface area contributed by atoms with Gasteiger partial charge in [-0.05, 0) is 73.5 Å². The molecule has 3 aliphatic heterocycles. The van der Waals surface area contributed by atoms with E-state index < -0.39 is 43.8 Å². The van der Waals surface area contributed by atoms with Crippen LogP contribution in [0.5, 0.6) is 0 Å². The van der Waals surface area contributed by atoms with Gasteiger partial charge in [-0.3, -0.25) is 10.1 Å². The highest BCUT2D eigenvalue weighted by atomic mass is 32.2. The predicted octanol–water partition coefficient (Wildman–Crippen LogP) is 2.56. The van der Waals surface area contributed by atoms with Crippen molar-refractivity contribution in [3.63, 3.8) is 0 Å². The van der Waals surface area contributed by atoms with Gasteiger partial charge in [0.15, 0.2) is 5.03 Å². The SMILES string of the molecule is Cn1cnc(S(=O)(=O)N2C=NC(=N)C3C(c4ccc(NS(=O)(=O)c5ccc(F)cc5)c(F)c4)=CN(C4CCNCC4)C32)c1. The van der Waals surface area contributed by atoms with Crippen LogP contribution in [0.15, 0.2) is 76.1 Å². The molecule has 12 nitrogen and oxygen atoms in total. The number of benzene rings is 2. The molecule has 3 aromatic rings. The molecule has 1 fully saturated rings. The van der Waals surface area contributed by atoms with E-state index in [4.69, 9.17) is 5.41 Å². The Morgan fingerprint density at radius 3 is 2.42 bits per heavy atom. The first-order valence-electron chi connectivity index (χ1n) is 13.4. The summed E-state index contributed by atoms with van der Waals surface area (Å²) in [5.74, 6) is -2.45. The molecule has 0 spiro atoms. The lowest BCUT2D eigenvalue weighted by molar-refractivity contribution is 0.123. The first kappa shape index (κ1) is 28.9. The summed E-state index contributed by atoms with van der Waals surface area (Å²) in [5, 5.41) is 11.8. The normalized spacial score (nSPS) is 21.2. The molecule has 1 aromatic heterocycles. The number of aromatic nitrogens is 2. The molecule has 0 saturated carbocycles. The highest BCUT2D eigenvalue weighted by molar-refractivity contribution is 7.92. The number of nitrogens with zero attached hydrogens (tertiary/aromatic N) is 5. The minimum atomic E-state index is -4.20. The number of imidazole rings is 1. The fraction of sp³-hybridized carbons (Fsp3) is 0.296. The van der Waals surface area contributed by atoms with Crippen molar-refractivity contribution >= 4 is 43.5 Å². The molecule has 43 heavy (non-hydrogen) atoms. The second-order valence-corrected chi connectivity index (χ2v) is 14.0. The third-order valence-electron chi connectivity index (χ3n) is 7.72. The molecule has 3 aliphatic rings. The molecular formula is C27H28F2N8O4S2. The van der Waals surface area contributed by atoms with E-state index in [1.165, 1.54) is 29.2 Å². The van der Waals surface area contributed by atoms with E-state index in [1.54, 1.807) is 13.2 Å². The lowest BCUT2D eigenvalue weighted by atomic mass is 9.91. The number of halogens is 2.